The first-order valence-corrected chi connectivity index (χ1v) is 9.31. The van der Waals surface area contributed by atoms with E-state index in [4.69, 9.17) is 4.74 Å². The van der Waals surface area contributed by atoms with Crippen molar-refractivity contribution in [2.75, 3.05) is 6.61 Å². The van der Waals surface area contributed by atoms with E-state index in [2.05, 4.69) is 16.4 Å². The van der Waals surface area contributed by atoms with Crippen molar-refractivity contribution in [2.24, 2.45) is 5.92 Å². The van der Waals surface area contributed by atoms with Crippen molar-refractivity contribution >= 4 is 5.91 Å². The number of amides is 1. The van der Waals surface area contributed by atoms with Crippen molar-refractivity contribution in [3.8, 4) is 5.75 Å². The van der Waals surface area contributed by atoms with E-state index in [0.29, 0.717) is 12.8 Å². The molecule has 1 aromatic heterocycles. The molecule has 0 saturated heterocycles. The van der Waals surface area contributed by atoms with Gasteiger partial charge in [0.25, 0.3) is 0 Å². The molecule has 1 atom stereocenters. The van der Waals surface area contributed by atoms with Crippen molar-refractivity contribution in [1.82, 2.24) is 10.3 Å². The molecule has 2 aliphatic rings. The number of hydrogen-bond donors (Lipinski definition) is 2. The second-order valence-electron chi connectivity index (χ2n) is 7.25. The molecule has 0 radical (unpaired) electrons. The Morgan fingerprint density at radius 3 is 2.85 bits per heavy atom. The molecule has 1 aromatic carbocycles. The number of aryl methyl sites for hydroxylation is 1. The van der Waals surface area contributed by atoms with Gasteiger partial charge in [-0.25, -0.2) is 0 Å². The lowest BCUT2D eigenvalue weighted by Gasteiger charge is -2.38. The van der Waals surface area contributed by atoms with Crippen LogP contribution < -0.4 is 10.1 Å². The van der Waals surface area contributed by atoms with Crippen LogP contribution in [0.25, 0.3) is 0 Å². The van der Waals surface area contributed by atoms with Gasteiger partial charge in [0.15, 0.2) is 0 Å². The molecule has 0 unspecified atom stereocenters. The van der Waals surface area contributed by atoms with Gasteiger partial charge in [0.05, 0.1) is 18.8 Å². The molecule has 0 bridgehead atoms. The highest BCUT2D eigenvalue weighted by Gasteiger charge is 2.36. The molecule has 5 nitrogen and oxygen atoms in total. The van der Waals surface area contributed by atoms with E-state index in [9.17, 15) is 9.90 Å². The highest BCUT2D eigenvalue weighted by molar-refractivity contribution is 5.76. The van der Waals surface area contributed by atoms with E-state index in [1.165, 1.54) is 5.56 Å². The van der Waals surface area contributed by atoms with Crippen LogP contribution in [0.5, 0.6) is 5.75 Å². The fourth-order valence-corrected chi connectivity index (χ4v) is 3.83. The van der Waals surface area contributed by atoms with Crippen molar-refractivity contribution < 1.29 is 14.6 Å². The average Bonchev–Trinajstić information content (AvgIpc) is 3.11. The molecular weight excluding hydrogens is 328 g/mol. The molecule has 1 amide bonds. The van der Waals surface area contributed by atoms with Gasteiger partial charge >= 0.3 is 0 Å². The predicted molar refractivity (Wildman–Crippen MR) is 97.8 cm³/mol. The maximum Gasteiger partial charge on any atom is 0.220 e. The van der Waals surface area contributed by atoms with Crippen molar-refractivity contribution in [3.63, 3.8) is 0 Å². The molecule has 2 heterocycles. The fraction of sp³-hybridized carbons (Fsp3) is 0.429. The van der Waals surface area contributed by atoms with Crippen molar-refractivity contribution in [1.29, 1.82) is 0 Å². The summed E-state index contributed by atoms with van der Waals surface area (Å²) in [6, 6.07) is 10.0. The fourth-order valence-electron chi connectivity index (χ4n) is 3.83. The number of aliphatic hydroxyl groups excluding tert-OH is 1. The Bertz CT molecular complexity index is 772. The maximum absolute atomic E-state index is 12.5. The molecule has 1 aliphatic heterocycles. The number of pyridine rings is 1. The average molecular weight is 352 g/mol. The Morgan fingerprint density at radius 2 is 2.08 bits per heavy atom. The van der Waals surface area contributed by atoms with Crippen LogP contribution in [-0.4, -0.2) is 28.7 Å². The number of rotatable bonds is 6. The van der Waals surface area contributed by atoms with Gasteiger partial charge in [-0.05, 0) is 66.1 Å². The highest BCUT2D eigenvalue weighted by Crippen LogP contribution is 2.39. The largest absolute Gasteiger partial charge is 0.493 e. The van der Waals surface area contributed by atoms with Crippen molar-refractivity contribution in [3.05, 3.63) is 59.4 Å². The predicted octanol–water partition coefficient (Wildman–Crippen LogP) is 2.58. The molecule has 0 spiro atoms. The third kappa shape index (κ3) is 3.73. The Kier molecular flexibility index (Phi) is 4.89. The quantitative estimate of drug-likeness (QED) is 0.838. The zero-order valence-electron chi connectivity index (χ0n) is 14.7. The minimum absolute atomic E-state index is 0.0463. The van der Waals surface area contributed by atoms with Gasteiger partial charge in [-0.1, -0.05) is 6.07 Å². The van der Waals surface area contributed by atoms with Crippen LogP contribution in [0.4, 0.5) is 0 Å². The van der Waals surface area contributed by atoms with Gasteiger partial charge < -0.3 is 15.2 Å². The minimum Gasteiger partial charge on any atom is -0.493 e. The van der Waals surface area contributed by atoms with Crippen molar-refractivity contribution in [2.45, 2.75) is 44.2 Å². The summed E-state index contributed by atoms with van der Waals surface area (Å²) in [6.45, 7) is 0.726. The van der Waals surface area contributed by atoms with Crippen LogP contribution in [0.1, 0.15) is 42.0 Å². The second kappa shape index (κ2) is 7.46. The SMILES string of the molecule is O=C(CCc1ccncc1)N[C@H](c1ccc2c(c1)CCO2)C1CC(O)C1. The van der Waals surface area contributed by atoms with E-state index in [0.717, 1.165) is 42.7 Å². The summed E-state index contributed by atoms with van der Waals surface area (Å²) >= 11 is 0. The number of nitrogens with zero attached hydrogens (tertiary/aromatic N) is 1. The van der Waals surface area contributed by atoms with Gasteiger partial charge in [0.2, 0.25) is 5.91 Å². The summed E-state index contributed by atoms with van der Waals surface area (Å²) in [7, 11) is 0. The summed E-state index contributed by atoms with van der Waals surface area (Å²) in [4.78, 5) is 16.5. The third-order valence-corrected chi connectivity index (χ3v) is 5.40. The van der Waals surface area contributed by atoms with E-state index < -0.39 is 0 Å². The normalized spacial score (nSPS) is 22.0. The van der Waals surface area contributed by atoms with Gasteiger partial charge in [-0.3, -0.25) is 9.78 Å². The van der Waals surface area contributed by atoms with Crippen LogP contribution in [0.3, 0.4) is 0 Å². The smallest absolute Gasteiger partial charge is 0.220 e. The van der Waals surface area contributed by atoms with E-state index in [1.54, 1.807) is 12.4 Å². The summed E-state index contributed by atoms with van der Waals surface area (Å²) in [5.74, 6) is 1.28. The Hall–Kier alpha value is -2.40. The zero-order valence-corrected chi connectivity index (χ0v) is 14.7. The Labute approximate surface area is 153 Å². The summed E-state index contributed by atoms with van der Waals surface area (Å²) < 4.78 is 5.59. The maximum atomic E-state index is 12.5. The molecule has 136 valence electrons. The van der Waals surface area contributed by atoms with Crippen LogP contribution >= 0.6 is 0 Å². The Balaban J connectivity index is 1.44. The number of aliphatic hydroxyl groups is 1. The standard InChI is InChI=1S/C21H24N2O3/c24-18-12-17(13-18)21(16-2-3-19-15(11-16)7-10-26-19)23-20(25)4-1-14-5-8-22-9-6-14/h2-3,5-6,8-9,11,17-18,21,24H,1,4,7,10,12-13H2,(H,23,25)/t17?,18?,21-/m1/s1. The van der Waals surface area contributed by atoms with Gasteiger partial charge in [0, 0.05) is 25.2 Å². The molecule has 4 rings (SSSR count). The van der Waals surface area contributed by atoms with Crippen LogP contribution in [-0.2, 0) is 17.6 Å². The number of aromatic nitrogens is 1. The molecule has 2 aromatic rings. The first-order valence-electron chi connectivity index (χ1n) is 9.31. The monoisotopic (exact) mass is 352 g/mol. The topological polar surface area (TPSA) is 71.5 Å². The minimum atomic E-state index is -0.242. The molecule has 2 N–H and O–H groups in total. The third-order valence-electron chi connectivity index (χ3n) is 5.40. The number of nitrogens with one attached hydrogen (secondary N) is 1. The number of ether oxygens (including phenoxy) is 1. The summed E-state index contributed by atoms with van der Waals surface area (Å²) in [5, 5.41) is 12.9. The molecule has 1 aliphatic carbocycles. The molecule has 5 heteroatoms. The molecular formula is C21H24N2O3. The lowest BCUT2D eigenvalue weighted by molar-refractivity contribution is -0.123. The first kappa shape index (κ1) is 17.0. The van der Waals surface area contributed by atoms with E-state index in [1.807, 2.05) is 24.3 Å². The van der Waals surface area contributed by atoms with Gasteiger partial charge in [-0.2, -0.15) is 0 Å². The number of carbonyl (C=O) groups is 1. The second-order valence-corrected chi connectivity index (χ2v) is 7.25. The lowest BCUT2D eigenvalue weighted by atomic mass is 9.74. The number of fused-ring (bicyclic) bond motifs is 1. The number of hydrogen-bond acceptors (Lipinski definition) is 4. The van der Waals surface area contributed by atoms with E-state index in [-0.39, 0.29) is 24.0 Å². The zero-order chi connectivity index (χ0) is 17.9. The van der Waals surface area contributed by atoms with Crippen LogP contribution in [0.2, 0.25) is 0 Å². The van der Waals surface area contributed by atoms with Crippen LogP contribution in [0, 0.1) is 5.92 Å². The lowest BCUT2D eigenvalue weighted by Crippen LogP contribution is -2.41. The highest BCUT2D eigenvalue weighted by atomic mass is 16.5. The first-order chi connectivity index (χ1) is 12.7. The molecule has 1 fully saturated rings. The molecule has 1 saturated carbocycles. The molecule has 26 heavy (non-hydrogen) atoms. The van der Waals surface area contributed by atoms with Crippen LogP contribution in [0.15, 0.2) is 42.7 Å². The Morgan fingerprint density at radius 1 is 1.27 bits per heavy atom. The number of carbonyl (C=O) groups excluding carboxylic acids is 1. The number of benzene rings is 1. The summed E-state index contributed by atoms with van der Waals surface area (Å²) in [6.07, 6.45) is 6.80. The van der Waals surface area contributed by atoms with Gasteiger partial charge in [-0.15, -0.1) is 0 Å². The summed E-state index contributed by atoms with van der Waals surface area (Å²) in [5.41, 5.74) is 3.43. The van der Waals surface area contributed by atoms with Gasteiger partial charge in [0.1, 0.15) is 5.75 Å². The van der Waals surface area contributed by atoms with E-state index >= 15 is 0 Å².